The molecule has 4 rings (SSSR count). The monoisotopic (exact) mass is 439 g/mol. The van der Waals surface area contributed by atoms with E-state index in [1.54, 1.807) is 13.2 Å². The van der Waals surface area contributed by atoms with E-state index < -0.39 is 0 Å². The Labute approximate surface area is 195 Å². The van der Waals surface area contributed by atoms with Crippen molar-refractivity contribution in [2.45, 2.75) is 33.3 Å². The van der Waals surface area contributed by atoms with E-state index in [-0.39, 0.29) is 5.91 Å². The van der Waals surface area contributed by atoms with Gasteiger partial charge in [0.1, 0.15) is 18.1 Å². The van der Waals surface area contributed by atoms with Crippen molar-refractivity contribution in [3.05, 3.63) is 101 Å². The molecular formula is C29H29NO3. The number of aryl methyl sites for hydroxylation is 2. The number of hydrogen-bond donors (Lipinski definition) is 1. The van der Waals surface area contributed by atoms with Crippen LogP contribution in [-0.4, -0.2) is 13.0 Å². The van der Waals surface area contributed by atoms with Gasteiger partial charge in [-0.25, -0.2) is 0 Å². The standard InChI is InChI=1S/C29H29NO3/c1-4-20-11-8-12-21(5-2)28(20)30-29(31)23-16-17-26(32-3)24(18-23)19-33-27-15-9-13-22-10-6-7-14-25(22)27/h6-18H,4-5,19H2,1-3H3,(H,30,31). The Bertz CT molecular complexity index is 1250. The lowest BCUT2D eigenvalue weighted by Crippen LogP contribution is -2.15. The zero-order valence-electron chi connectivity index (χ0n) is 19.4. The van der Waals surface area contributed by atoms with Crippen molar-refractivity contribution in [3.8, 4) is 11.5 Å². The second-order valence-corrected chi connectivity index (χ2v) is 7.91. The van der Waals surface area contributed by atoms with Crippen molar-refractivity contribution >= 4 is 22.4 Å². The number of methoxy groups -OCH3 is 1. The number of para-hydroxylation sites is 1. The van der Waals surface area contributed by atoms with Crippen LogP contribution >= 0.6 is 0 Å². The highest BCUT2D eigenvalue weighted by atomic mass is 16.5. The van der Waals surface area contributed by atoms with E-state index in [4.69, 9.17) is 9.47 Å². The molecule has 0 saturated heterocycles. The average molecular weight is 440 g/mol. The maximum atomic E-state index is 13.2. The third kappa shape index (κ3) is 4.85. The summed E-state index contributed by atoms with van der Waals surface area (Å²) < 4.78 is 11.7. The number of benzene rings is 4. The number of ether oxygens (including phenoxy) is 2. The van der Waals surface area contributed by atoms with Gasteiger partial charge < -0.3 is 14.8 Å². The Morgan fingerprint density at radius 1 is 0.788 bits per heavy atom. The SMILES string of the molecule is CCc1cccc(CC)c1NC(=O)c1ccc(OC)c(COc2cccc3ccccc23)c1. The highest BCUT2D eigenvalue weighted by molar-refractivity contribution is 6.05. The van der Waals surface area contributed by atoms with Crippen molar-refractivity contribution in [2.24, 2.45) is 0 Å². The van der Waals surface area contributed by atoms with Crippen LogP contribution in [0.15, 0.2) is 78.9 Å². The van der Waals surface area contributed by atoms with E-state index in [1.165, 1.54) is 0 Å². The van der Waals surface area contributed by atoms with Crippen LogP contribution in [-0.2, 0) is 19.4 Å². The third-order valence-corrected chi connectivity index (χ3v) is 5.91. The van der Waals surface area contributed by atoms with Crippen LogP contribution in [0.1, 0.15) is 40.9 Å². The molecule has 0 spiro atoms. The van der Waals surface area contributed by atoms with Gasteiger partial charge in [0.25, 0.3) is 5.91 Å². The smallest absolute Gasteiger partial charge is 0.255 e. The van der Waals surface area contributed by atoms with Gasteiger partial charge in [0.2, 0.25) is 0 Å². The minimum Gasteiger partial charge on any atom is -0.496 e. The Balaban J connectivity index is 1.59. The molecule has 1 amide bonds. The van der Waals surface area contributed by atoms with E-state index in [0.29, 0.717) is 17.9 Å². The zero-order valence-corrected chi connectivity index (χ0v) is 19.4. The van der Waals surface area contributed by atoms with Crippen LogP contribution in [0, 0.1) is 0 Å². The summed E-state index contributed by atoms with van der Waals surface area (Å²) in [6.07, 6.45) is 1.71. The Morgan fingerprint density at radius 3 is 2.21 bits per heavy atom. The third-order valence-electron chi connectivity index (χ3n) is 5.91. The molecule has 0 atom stereocenters. The van der Waals surface area contributed by atoms with Gasteiger partial charge in [0.15, 0.2) is 0 Å². The van der Waals surface area contributed by atoms with Gasteiger partial charge in [-0.05, 0) is 53.6 Å². The Hall–Kier alpha value is -3.79. The molecule has 4 aromatic rings. The number of nitrogens with one attached hydrogen (secondary N) is 1. The first-order valence-electron chi connectivity index (χ1n) is 11.3. The van der Waals surface area contributed by atoms with Gasteiger partial charge in [-0.15, -0.1) is 0 Å². The molecule has 0 fully saturated rings. The highest BCUT2D eigenvalue weighted by Gasteiger charge is 2.15. The van der Waals surface area contributed by atoms with Gasteiger partial charge in [0, 0.05) is 22.2 Å². The predicted molar refractivity (Wildman–Crippen MR) is 134 cm³/mol. The topological polar surface area (TPSA) is 47.6 Å². The fourth-order valence-corrected chi connectivity index (χ4v) is 4.10. The quantitative estimate of drug-likeness (QED) is 0.328. The number of carbonyl (C=O) groups is 1. The number of fused-ring (bicyclic) bond motifs is 1. The maximum Gasteiger partial charge on any atom is 0.255 e. The van der Waals surface area contributed by atoms with E-state index in [2.05, 4.69) is 43.4 Å². The normalized spacial score (nSPS) is 10.8. The number of carbonyl (C=O) groups excluding carboxylic acids is 1. The molecule has 0 heterocycles. The summed E-state index contributed by atoms with van der Waals surface area (Å²) in [4.78, 5) is 13.2. The molecule has 0 unspecified atom stereocenters. The van der Waals surface area contributed by atoms with Crippen LogP contribution < -0.4 is 14.8 Å². The summed E-state index contributed by atoms with van der Waals surface area (Å²) in [6, 6.07) is 25.7. The average Bonchev–Trinajstić information content (AvgIpc) is 2.87. The van der Waals surface area contributed by atoms with Crippen molar-refractivity contribution in [1.82, 2.24) is 0 Å². The molecule has 0 aliphatic carbocycles. The lowest BCUT2D eigenvalue weighted by molar-refractivity contribution is 0.102. The molecule has 4 nitrogen and oxygen atoms in total. The van der Waals surface area contributed by atoms with Crippen molar-refractivity contribution in [1.29, 1.82) is 0 Å². The van der Waals surface area contributed by atoms with Crippen LogP contribution in [0.2, 0.25) is 0 Å². The number of rotatable bonds is 8. The number of hydrogen-bond acceptors (Lipinski definition) is 3. The largest absolute Gasteiger partial charge is 0.496 e. The van der Waals surface area contributed by atoms with Crippen LogP contribution in [0.4, 0.5) is 5.69 Å². The van der Waals surface area contributed by atoms with Gasteiger partial charge >= 0.3 is 0 Å². The fourth-order valence-electron chi connectivity index (χ4n) is 4.10. The molecular weight excluding hydrogens is 410 g/mol. The first kappa shape index (κ1) is 22.4. The van der Waals surface area contributed by atoms with Crippen LogP contribution in [0.5, 0.6) is 11.5 Å². The maximum absolute atomic E-state index is 13.2. The Kier molecular flexibility index (Phi) is 6.94. The Morgan fingerprint density at radius 2 is 1.48 bits per heavy atom. The highest BCUT2D eigenvalue weighted by Crippen LogP contribution is 2.29. The van der Waals surface area contributed by atoms with E-state index in [0.717, 1.165) is 51.7 Å². The van der Waals surface area contributed by atoms with Crippen molar-refractivity contribution in [2.75, 3.05) is 12.4 Å². The van der Waals surface area contributed by atoms with Crippen molar-refractivity contribution < 1.29 is 14.3 Å². The molecule has 0 bridgehead atoms. The molecule has 33 heavy (non-hydrogen) atoms. The summed E-state index contributed by atoms with van der Waals surface area (Å²) in [5.74, 6) is 1.35. The first-order valence-corrected chi connectivity index (χ1v) is 11.3. The van der Waals surface area contributed by atoms with E-state index in [1.807, 2.05) is 48.5 Å². The lowest BCUT2D eigenvalue weighted by atomic mass is 10.0. The molecule has 0 saturated carbocycles. The van der Waals surface area contributed by atoms with Gasteiger partial charge in [-0.2, -0.15) is 0 Å². The van der Waals surface area contributed by atoms with Gasteiger partial charge in [-0.1, -0.05) is 68.4 Å². The summed E-state index contributed by atoms with van der Waals surface area (Å²) in [6.45, 7) is 4.49. The molecule has 0 radical (unpaired) electrons. The fraction of sp³-hybridized carbons (Fsp3) is 0.207. The minimum absolute atomic E-state index is 0.139. The second kappa shape index (κ2) is 10.2. The van der Waals surface area contributed by atoms with Gasteiger partial charge in [0.05, 0.1) is 7.11 Å². The zero-order chi connectivity index (χ0) is 23.2. The van der Waals surface area contributed by atoms with E-state index >= 15 is 0 Å². The summed E-state index contributed by atoms with van der Waals surface area (Å²) in [5.41, 5.74) is 4.57. The van der Waals surface area contributed by atoms with Gasteiger partial charge in [-0.3, -0.25) is 4.79 Å². The number of amides is 1. The molecule has 168 valence electrons. The molecule has 0 aromatic heterocycles. The summed E-state index contributed by atoms with van der Waals surface area (Å²) in [7, 11) is 1.63. The minimum atomic E-state index is -0.139. The predicted octanol–water partition coefficient (Wildman–Crippen LogP) is 6.80. The summed E-state index contributed by atoms with van der Waals surface area (Å²) >= 11 is 0. The molecule has 4 aromatic carbocycles. The van der Waals surface area contributed by atoms with Crippen LogP contribution in [0.25, 0.3) is 10.8 Å². The lowest BCUT2D eigenvalue weighted by Gasteiger charge is -2.16. The second-order valence-electron chi connectivity index (χ2n) is 7.91. The first-order chi connectivity index (χ1) is 16.1. The van der Waals surface area contributed by atoms with Crippen LogP contribution in [0.3, 0.4) is 0 Å². The van der Waals surface area contributed by atoms with Crippen molar-refractivity contribution in [3.63, 3.8) is 0 Å². The number of anilines is 1. The molecule has 0 aliphatic rings. The molecule has 4 heteroatoms. The molecule has 1 N–H and O–H groups in total. The molecule has 0 aliphatic heterocycles. The van der Waals surface area contributed by atoms with E-state index in [9.17, 15) is 4.79 Å². The summed E-state index contributed by atoms with van der Waals surface area (Å²) in [5, 5.41) is 5.31.